The topological polar surface area (TPSA) is 73.5 Å². The van der Waals surface area contributed by atoms with Gasteiger partial charge in [-0.25, -0.2) is 17.2 Å². The Hall–Kier alpha value is -2.62. The van der Waals surface area contributed by atoms with Gasteiger partial charge >= 0.3 is 0 Å². The summed E-state index contributed by atoms with van der Waals surface area (Å²) in [5.74, 6) is -2.27. The summed E-state index contributed by atoms with van der Waals surface area (Å²) in [6, 6.07) is 10.5. The Bertz CT molecular complexity index is 1200. The van der Waals surface area contributed by atoms with Crippen molar-refractivity contribution in [3.63, 3.8) is 0 Å². The molecule has 0 saturated carbocycles. The molecule has 0 atom stereocenters. The molecule has 3 aromatic rings. The monoisotopic (exact) mass is 433 g/mol. The van der Waals surface area contributed by atoms with Crippen LogP contribution in [0.1, 0.15) is 16.1 Å². The van der Waals surface area contributed by atoms with Gasteiger partial charge in [-0.15, -0.1) is 0 Å². The highest BCUT2D eigenvalue weighted by Crippen LogP contribution is 2.25. The third-order valence-corrected chi connectivity index (χ3v) is 7.34. The average molecular weight is 433 g/mol. The molecule has 6 nitrogen and oxygen atoms in total. The van der Waals surface area contributed by atoms with E-state index in [0.29, 0.717) is 18.7 Å². The van der Waals surface area contributed by atoms with Gasteiger partial charge in [-0.1, -0.05) is 24.3 Å². The minimum atomic E-state index is -4.29. The Morgan fingerprint density at radius 2 is 1.63 bits per heavy atom. The van der Waals surface area contributed by atoms with E-state index in [-0.39, 0.29) is 25.4 Å². The fourth-order valence-corrected chi connectivity index (χ4v) is 5.44. The number of benzene rings is 2. The van der Waals surface area contributed by atoms with E-state index in [1.807, 2.05) is 36.1 Å². The van der Waals surface area contributed by atoms with Crippen molar-refractivity contribution in [3.8, 4) is 0 Å². The van der Waals surface area contributed by atoms with Crippen LogP contribution in [0.4, 0.5) is 8.78 Å². The van der Waals surface area contributed by atoms with Crippen molar-refractivity contribution in [2.24, 2.45) is 0 Å². The number of nitrogens with zero attached hydrogens (tertiary/aromatic N) is 2. The van der Waals surface area contributed by atoms with Gasteiger partial charge in [0.25, 0.3) is 0 Å². The van der Waals surface area contributed by atoms with Gasteiger partial charge in [0.1, 0.15) is 11.6 Å². The van der Waals surface area contributed by atoms with Crippen LogP contribution in [0.15, 0.2) is 47.4 Å². The number of rotatable bonds is 5. The van der Waals surface area contributed by atoms with Crippen molar-refractivity contribution in [3.05, 3.63) is 65.4 Å². The smallest absolute Gasteiger partial charge is 0.249 e. The summed E-state index contributed by atoms with van der Waals surface area (Å²) >= 11 is 0. The molecule has 0 spiro atoms. The fraction of sp³-hybridized carbons (Fsp3) is 0.286. The van der Waals surface area contributed by atoms with Crippen LogP contribution in [0, 0.1) is 18.6 Å². The van der Waals surface area contributed by atoms with Gasteiger partial charge in [-0.3, -0.25) is 9.69 Å². The van der Waals surface area contributed by atoms with E-state index in [1.54, 1.807) is 0 Å². The Morgan fingerprint density at radius 3 is 2.30 bits per heavy atom. The van der Waals surface area contributed by atoms with Gasteiger partial charge in [-0.05, 0) is 25.1 Å². The van der Waals surface area contributed by atoms with E-state index in [4.69, 9.17) is 0 Å². The van der Waals surface area contributed by atoms with E-state index in [0.717, 1.165) is 39.1 Å². The first-order valence-corrected chi connectivity index (χ1v) is 11.0. The van der Waals surface area contributed by atoms with Gasteiger partial charge in [0.15, 0.2) is 10.7 Å². The molecule has 0 radical (unpaired) electrons. The molecule has 0 bridgehead atoms. The maximum absolute atomic E-state index is 14.0. The van der Waals surface area contributed by atoms with Gasteiger partial charge in [0, 0.05) is 48.3 Å². The quantitative estimate of drug-likeness (QED) is 0.628. The Labute approximate surface area is 173 Å². The predicted molar refractivity (Wildman–Crippen MR) is 109 cm³/mol. The van der Waals surface area contributed by atoms with Crippen LogP contribution >= 0.6 is 0 Å². The first kappa shape index (κ1) is 20.6. The van der Waals surface area contributed by atoms with Crippen molar-refractivity contribution in [2.45, 2.75) is 11.8 Å². The maximum atomic E-state index is 14.0. The number of aromatic amines is 1. The highest BCUT2D eigenvalue weighted by molar-refractivity contribution is 7.89. The second kappa shape index (κ2) is 7.90. The molecular weight excluding hydrogens is 412 g/mol. The summed E-state index contributed by atoms with van der Waals surface area (Å²) in [5, 5.41) is 0.858. The number of ketones is 1. The molecule has 30 heavy (non-hydrogen) atoms. The van der Waals surface area contributed by atoms with Crippen molar-refractivity contribution in [1.29, 1.82) is 0 Å². The molecule has 0 amide bonds. The van der Waals surface area contributed by atoms with Crippen molar-refractivity contribution < 1.29 is 22.0 Å². The van der Waals surface area contributed by atoms with Crippen LogP contribution in [0.5, 0.6) is 0 Å². The molecule has 0 aliphatic carbocycles. The summed E-state index contributed by atoms with van der Waals surface area (Å²) in [4.78, 5) is 17.0. The third-order valence-electron chi connectivity index (χ3n) is 5.39. The van der Waals surface area contributed by atoms with Crippen LogP contribution < -0.4 is 0 Å². The lowest BCUT2D eigenvalue weighted by atomic mass is 10.1. The zero-order valence-electron chi connectivity index (χ0n) is 16.4. The summed E-state index contributed by atoms with van der Waals surface area (Å²) in [6.07, 6.45) is 0. The summed E-state index contributed by atoms with van der Waals surface area (Å²) in [7, 11) is -4.29. The molecule has 1 aliphatic rings. The fourth-order valence-electron chi connectivity index (χ4n) is 3.90. The largest absolute Gasteiger partial charge is 0.358 e. The number of fused-ring (bicyclic) bond motifs is 1. The van der Waals surface area contributed by atoms with Crippen LogP contribution in [-0.2, 0) is 10.0 Å². The zero-order valence-corrected chi connectivity index (χ0v) is 17.2. The second-order valence-electron chi connectivity index (χ2n) is 7.32. The molecule has 9 heteroatoms. The van der Waals surface area contributed by atoms with E-state index in [2.05, 4.69) is 4.98 Å². The van der Waals surface area contributed by atoms with E-state index >= 15 is 0 Å². The lowest BCUT2D eigenvalue weighted by Gasteiger charge is -2.33. The molecule has 2 heterocycles. The number of piperazine rings is 1. The first-order valence-electron chi connectivity index (χ1n) is 9.56. The number of para-hydroxylation sites is 1. The number of hydrogen-bond acceptors (Lipinski definition) is 4. The number of carbonyl (C=O) groups is 1. The molecule has 1 N–H and O–H groups in total. The van der Waals surface area contributed by atoms with E-state index < -0.39 is 26.6 Å². The Balaban J connectivity index is 1.46. The number of aromatic nitrogens is 1. The summed E-state index contributed by atoms with van der Waals surface area (Å²) in [6.45, 7) is 2.68. The minimum Gasteiger partial charge on any atom is -0.358 e. The molecule has 1 aliphatic heterocycles. The number of carbonyl (C=O) groups excluding carboxylic acids is 1. The molecule has 2 aromatic carbocycles. The molecule has 1 fully saturated rings. The first-order chi connectivity index (χ1) is 14.3. The van der Waals surface area contributed by atoms with Crippen molar-refractivity contribution >= 4 is 26.7 Å². The number of Topliss-reactive ketones (excluding diaryl/α,β-unsaturated/α-hetero) is 1. The van der Waals surface area contributed by atoms with Gasteiger partial charge in [0.05, 0.1) is 6.54 Å². The normalized spacial score (nSPS) is 16.2. The lowest BCUT2D eigenvalue weighted by Crippen LogP contribution is -2.50. The predicted octanol–water partition coefficient (Wildman–Crippen LogP) is 2.94. The average Bonchev–Trinajstić information content (AvgIpc) is 3.04. The number of nitrogens with one attached hydrogen (secondary N) is 1. The van der Waals surface area contributed by atoms with Crippen molar-refractivity contribution in [2.75, 3.05) is 32.7 Å². The van der Waals surface area contributed by atoms with Gasteiger partial charge < -0.3 is 4.98 Å². The number of sulfonamides is 1. The van der Waals surface area contributed by atoms with Crippen LogP contribution in [-0.4, -0.2) is 61.1 Å². The summed E-state index contributed by atoms with van der Waals surface area (Å²) < 4.78 is 54.4. The lowest BCUT2D eigenvalue weighted by molar-refractivity contribution is 0.0902. The van der Waals surface area contributed by atoms with E-state index in [1.165, 1.54) is 0 Å². The second-order valence-corrected chi connectivity index (χ2v) is 9.20. The van der Waals surface area contributed by atoms with E-state index in [9.17, 15) is 22.0 Å². The number of aryl methyl sites for hydroxylation is 1. The molecule has 1 saturated heterocycles. The highest BCUT2D eigenvalue weighted by atomic mass is 32.2. The third kappa shape index (κ3) is 3.64. The van der Waals surface area contributed by atoms with Crippen LogP contribution in [0.25, 0.3) is 10.9 Å². The van der Waals surface area contributed by atoms with Gasteiger partial charge in [0.2, 0.25) is 10.0 Å². The zero-order chi connectivity index (χ0) is 21.5. The maximum Gasteiger partial charge on any atom is 0.249 e. The molecular formula is C21H21F2N3O3S. The minimum absolute atomic E-state index is 0.0518. The standard InChI is InChI=1S/C21H21F2N3O3S/c1-14-20(15-5-2-3-8-18(15)24-14)19(27)13-25-9-11-26(12-10-25)30(28,29)21-16(22)6-4-7-17(21)23/h2-8,24H,9-13H2,1H3. The molecule has 4 rings (SSSR count). The van der Waals surface area contributed by atoms with Gasteiger partial charge in [-0.2, -0.15) is 4.31 Å². The number of H-pyrrole nitrogens is 1. The Kier molecular flexibility index (Phi) is 5.44. The highest BCUT2D eigenvalue weighted by Gasteiger charge is 2.33. The molecule has 158 valence electrons. The SMILES string of the molecule is Cc1[nH]c2ccccc2c1C(=O)CN1CCN(S(=O)(=O)c2c(F)cccc2F)CC1. The van der Waals surface area contributed by atoms with Crippen LogP contribution in [0.2, 0.25) is 0 Å². The number of hydrogen-bond donors (Lipinski definition) is 1. The van der Waals surface area contributed by atoms with Crippen molar-refractivity contribution in [1.82, 2.24) is 14.2 Å². The Morgan fingerprint density at radius 1 is 1.00 bits per heavy atom. The number of halogens is 2. The molecule has 1 aromatic heterocycles. The van der Waals surface area contributed by atoms with Crippen LogP contribution in [0.3, 0.4) is 0 Å². The molecule has 0 unspecified atom stereocenters. The summed E-state index contributed by atoms with van der Waals surface area (Å²) in [5.41, 5.74) is 2.31.